The van der Waals surface area contributed by atoms with Gasteiger partial charge in [-0.3, -0.25) is 13.9 Å². The molecule has 2 unspecified atom stereocenters. The van der Waals surface area contributed by atoms with E-state index in [1.165, 1.54) is 31.0 Å². The Morgan fingerprint density at radius 1 is 1.41 bits per heavy atom. The quantitative estimate of drug-likeness (QED) is 0.768. The molecule has 0 amide bonds. The molecule has 8 nitrogen and oxygen atoms in total. The van der Waals surface area contributed by atoms with Crippen LogP contribution in [-0.2, 0) is 21.3 Å². The zero-order valence-electron chi connectivity index (χ0n) is 13.1. The molecule has 0 saturated carbocycles. The van der Waals surface area contributed by atoms with Crippen molar-refractivity contribution in [2.45, 2.75) is 44.5 Å². The predicted octanol–water partition coefficient (Wildman–Crippen LogP) is -0.755. The fourth-order valence-electron chi connectivity index (χ4n) is 2.51. The summed E-state index contributed by atoms with van der Waals surface area (Å²) in [6.07, 6.45) is -1.88. The molecule has 1 aliphatic heterocycles. The highest BCUT2D eigenvalue weighted by molar-refractivity contribution is 4.95. The maximum absolute atomic E-state index is 12.2. The zero-order valence-corrected chi connectivity index (χ0v) is 13.1. The second-order valence-electron chi connectivity index (χ2n) is 5.56. The lowest BCUT2D eigenvalue weighted by molar-refractivity contribution is -0.0844. The van der Waals surface area contributed by atoms with Gasteiger partial charge in [0.15, 0.2) is 6.23 Å². The largest absolute Gasteiger partial charge is 0.386 e. The van der Waals surface area contributed by atoms with Gasteiger partial charge in [-0.2, -0.15) is 0 Å². The fraction of sp³-hybridized carbons (Fsp3) is 0.714. The summed E-state index contributed by atoms with van der Waals surface area (Å²) in [5, 5.41) is 10.5. The fourth-order valence-corrected chi connectivity index (χ4v) is 2.51. The van der Waals surface area contributed by atoms with Crippen LogP contribution in [0.15, 0.2) is 21.9 Å². The molecule has 8 heteroatoms. The van der Waals surface area contributed by atoms with Crippen LogP contribution in [0.2, 0.25) is 0 Å². The molecule has 124 valence electrons. The normalized spacial score (nSPS) is 28.5. The third-order valence-corrected chi connectivity index (χ3v) is 3.56. The highest BCUT2D eigenvalue weighted by Crippen LogP contribution is 2.31. The van der Waals surface area contributed by atoms with Gasteiger partial charge in [0, 0.05) is 26.4 Å². The molecule has 2 heterocycles. The molecular formula is C14H22N2O6. The first kappa shape index (κ1) is 16.9. The van der Waals surface area contributed by atoms with Gasteiger partial charge in [-0.05, 0) is 13.8 Å². The van der Waals surface area contributed by atoms with Gasteiger partial charge in [-0.25, -0.2) is 4.79 Å². The molecule has 0 aromatic carbocycles. The van der Waals surface area contributed by atoms with E-state index >= 15 is 0 Å². The number of hydrogen-bond donors (Lipinski definition) is 1. The van der Waals surface area contributed by atoms with Crippen molar-refractivity contribution in [3.8, 4) is 0 Å². The van der Waals surface area contributed by atoms with E-state index in [2.05, 4.69) is 0 Å². The SMILES string of the molecule is COC[C@H]1O[C@@H](n2ccc(=O)n(C)c2=O)C(O)C1OC(C)C. The third-order valence-electron chi connectivity index (χ3n) is 3.56. The number of nitrogens with zero attached hydrogens (tertiary/aromatic N) is 2. The summed E-state index contributed by atoms with van der Waals surface area (Å²) < 4.78 is 18.7. The number of aliphatic hydroxyl groups excluding tert-OH is 1. The minimum atomic E-state index is -1.04. The maximum atomic E-state index is 12.2. The van der Waals surface area contributed by atoms with E-state index < -0.39 is 35.8 Å². The van der Waals surface area contributed by atoms with Crippen molar-refractivity contribution in [2.24, 2.45) is 7.05 Å². The van der Waals surface area contributed by atoms with Crippen molar-refractivity contribution in [3.05, 3.63) is 33.1 Å². The van der Waals surface area contributed by atoms with Gasteiger partial charge in [-0.1, -0.05) is 0 Å². The number of rotatable bonds is 5. The van der Waals surface area contributed by atoms with Gasteiger partial charge in [0.25, 0.3) is 5.56 Å². The molecule has 1 saturated heterocycles. The van der Waals surface area contributed by atoms with Crippen LogP contribution in [0, 0.1) is 0 Å². The van der Waals surface area contributed by atoms with Crippen LogP contribution < -0.4 is 11.2 Å². The van der Waals surface area contributed by atoms with E-state index in [9.17, 15) is 14.7 Å². The lowest BCUT2D eigenvalue weighted by Crippen LogP contribution is -2.42. The van der Waals surface area contributed by atoms with Crippen LogP contribution in [0.4, 0.5) is 0 Å². The zero-order chi connectivity index (χ0) is 16.4. The van der Waals surface area contributed by atoms with E-state index in [1.807, 2.05) is 13.8 Å². The molecule has 1 aromatic heterocycles. The predicted molar refractivity (Wildman–Crippen MR) is 77.7 cm³/mol. The second-order valence-corrected chi connectivity index (χ2v) is 5.56. The van der Waals surface area contributed by atoms with Crippen LogP contribution in [-0.4, -0.2) is 52.4 Å². The van der Waals surface area contributed by atoms with Gasteiger partial charge in [0.2, 0.25) is 0 Å². The Bertz CT molecular complexity index is 622. The van der Waals surface area contributed by atoms with Crippen molar-refractivity contribution >= 4 is 0 Å². The minimum Gasteiger partial charge on any atom is -0.386 e. The molecule has 1 N–H and O–H groups in total. The Morgan fingerprint density at radius 2 is 2.09 bits per heavy atom. The molecule has 0 bridgehead atoms. The Kier molecular flexibility index (Phi) is 5.17. The van der Waals surface area contributed by atoms with Crippen LogP contribution in [0.1, 0.15) is 20.1 Å². The van der Waals surface area contributed by atoms with Gasteiger partial charge in [-0.15, -0.1) is 0 Å². The molecule has 1 aromatic rings. The number of methoxy groups -OCH3 is 1. The van der Waals surface area contributed by atoms with Crippen molar-refractivity contribution in [2.75, 3.05) is 13.7 Å². The summed E-state index contributed by atoms with van der Waals surface area (Å²) >= 11 is 0. The van der Waals surface area contributed by atoms with Crippen LogP contribution in [0.5, 0.6) is 0 Å². The molecular weight excluding hydrogens is 292 g/mol. The summed E-state index contributed by atoms with van der Waals surface area (Å²) in [7, 11) is 2.89. The van der Waals surface area contributed by atoms with Crippen molar-refractivity contribution in [1.29, 1.82) is 0 Å². The molecule has 1 fully saturated rings. The summed E-state index contributed by atoms with van der Waals surface area (Å²) in [6.45, 7) is 3.93. The topological polar surface area (TPSA) is 91.9 Å². The molecule has 4 atom stereocenters. The molecule has 2 rings (SSSR count). The number of aliphatic hydroxyl groups is 1. The first-order valence-electron chi connectivity index (χ1n) is 7.13. The number of aromatic nitrogens is 2. The monoisotopic (exact) mass is 314 g/mol. The summed E-state index contributed by atoms with van der Waals surface area (Å²) in [5.74, 6) is 0. The average molecular weight is 314 g/mol. The third kappa shape index (κ3) is 3.14. The minimum absolute atomic E-state index is 0.113. The first-order valence-corrected chi connectivity index (χ1v) is 7.13. The Hall–Kier alpha value is -1.48. The van der Waals surface area contributed by atoms with Crippen LogP contribution in [0.25, 0.3) is 0 Å². The smallest absolute Gasteiger partial charge is 0.332 e. The average Bonchev–Trinajstić information content (AvgIpc) is 2.74. The lowest BCUT2D eigenvalue weighted by atomic mass is 10.1. The summed E-state index contributed by atoms with van der Waals surface area (Å²) in [4.78, 5) is 23.6. The second kappa shape index (κ2) is 6.74. The first-order chi connectivity index (χ1) is 10.4. The summed E-state index contributed by atoms with van der Waals surface area (Å²) in [6, 6.07) is 1.25. The Balaban J connectivity index is 2.34. The van der Waals surface area contributed by atoms with Crippen LogP contribution in [0.3, 0.4) is 0 Å². The van der Waals surface area contributed by atoms with E-state index in [-0.39, 0.29) is 12.7 Å². The maximum Gasteiger partial charge on any atom is 0.332 e. The van der Waals surface area contributed by atoms with Crippen molar-refractivity contribution in [3.63, 3.8) is 0 Å². The standard InChI is InChI=1S/C14H22N2O6/c1-8(2)21-12-9(7-20-4)22-13(11(12)18)16-6-5-10(17)15(3)14(16)19/h5-6,8-9,11-13,18H,7H2,1-4H3/t9-,11?,12?,13-/m1/s1. The Labute approximate surface area is 127 Å². The Morgan fingerprint density at radius 3 is 2.68 bits per heavy atom. The highest BCUT2D eigenvalue weighted by Gasteiger charge is 2.46. The lowest BCUT2D eigenvalue weighted by Gasteiger charge is -2.22. The molecule has 1 aliphatic rings. The van der Waals surface area contributed by atoms with Gasteiger partial charge >= 0.3 is 5.69 Å². The molecule has 0 aliphatic carbocycles. The summed E-state index contributed by atoms with van der Waals surface area (Å²) in [5.41, 5.74) is -0.977. The van der Waals surface area contributed by atoms with E-state index in [0.717, 1.165) is 4.57 Å². The molecule has 0 radical (unpaired) electrons. The molecule has 22 heavy (non-hydrogen) atoms. The number of hydrogen-bond acceptors (Lipinski definition) is 6. The molecule has 0 spiro atoms. The number of ether oxygens (including phenoxy) is 3. The van der Waals surface area contributed by atoms with Gasteiger partial charge in [0.05, 0.1) is 12.7 Å². The van der Waals surface area contributed by atoms with E-state index in [0.29, 0.717) is 0 Å². The van der Waals surface area contributed by atoms with Crippen molar-refractivity contribution < 1.29 is 19.3 Å². The van der Waals surface area contributed by atoms with Gasteiger partial charge in [0.1, 0.15) is 18.3 Å². The van der Waals surface area contributed by atoms with E-state index in [4.69, 9.17) is 14.2 Å². The van der Waals surface area contributed by atoms with Gasteiger partial charge < -0.3 is 19.3 Å². The van der Waals surface area contributed by atoms with E-state index in [1.54, 1.807) is 0 Å². The van der Waals surface area contributed by atoms with Crippen LogP contribution >= 0.6 is 0 Å². The van der Waals surface area contributed by atoms with Crippen molar-refractivity contribution in [1.82, 2.24) is 9.13 Å². The highest BCUT2D eigenvalue weighted by atomic mass is 16.6.